The number of imidazole rings is 1. The lowest BCUT2D eigenvalue weighted by Gasteiger charge is -2.16. The Labute approximate surface area is 156 Å². The number of hydrogen-bond donors (Lipinski definition) is 1. The minimum atomic E-state index is -0.270. The number of halogens is 1. The maximum Gasteiger partial charge on any atom is 0.165 e. The highest BCUT2D eigenvalue weighted by Crippen LogP contribution is 2.28. The van der Waals surface area contributed by atoms with E-state index in [9.17, 15) is 4.39 Å². The number of aryl methyl sites for hydroxylation is 2. The first-order valence-corrected chi connectivity index (χ1v) is 8.80. The zero-order valence-corrected chi connectivity index (χ0v) is 15.4. The van der Waals surface area contributed by atoms with E-state index in [1.54, 1.807) is 12.4 Å². The molecule has 0 saturated carbocycles. The van der Waals surface area contributed by atoms with Crippen molar-refractivity contribution < 1.29 is 4.39 Å². The van der Waals surface area contributed by atoms with Gasteiger partial charge in [-0.3, -0.25) is 0 Å². The van der Waals surface area contributed by atoms with Gasteiger partial charge in [-0.1, -0.05) is 30.3 Å². The average molecular weight is 361 g/mol. The SMILES string of the molecule is Cc1cc(F)ccc1-c1nc(NC(C)c2ccccc2)c2ncn(C)c2n1. The molecule has 2 aromatic carbocycles. The molecule has 0 aliphatic carbocycles. The lowest BCUT2D eigenvalue weighted by Crippen LogP contribution is -2.10. The molecule has 0 amide bonds. The fourth-order valence-electron chi connectivity index (χ4n) is 3.14. The van der Waals surface area contributed by atoms with E-state index in [0.717, 1.165) is 22.3 Å². The fourth-order valence-corrected chi connectivity index (χ4v) is 3.14. The minimum Gasteiger partial charge on any atom is -0.362 e. The van der Waals surface area contributed by atoms with Crippen LogP contribution in [0.2, 0.25) is 0 Å². The van der Waals surface area contributed by atoms with Crippen molar-refractivity contribution in [1.29, 1.82) is 0 Å². The van der Waals surface area contributed by atoms with Crippen molar-refractivity contribution in [3.63, 3.8) is 0 Å². The van der Waals surface area contributed by atoms with E-state index < -0.39 is 0 Å². The summed E-state index contributed by atoms with van der Waals surface area (Å²) < 4.78 is 15.4. The van der Waals surface area contributed by atoms with Gasteiger partial charge >= 0.3 is 0 Å². The van der Waals surface area contributed by atoms with Gasteiger partial charge in [-0.25, -0.2) is 19.3 Å². The molecule has 2 aromatic heterocycles. The molecular formula is C21H20FN5. The third-order valence-corrected chi connectivity index (χ3v) is 4.64. The van der Waals surface area contributed by atoms with Crippen LogP contribution in [0.5, 0.6) is 0 Å². The smallest absolute Gasteiger partial charge is 0.165 e. The average Bonchev–Trinajstić information content (AvgIpc) is 3.04. The standard InChI is InChI=1S/C21H20FN5/c1-13-11-16(22)9-10-17(13)19-25-20(18-21(26-19)27(3)12-23-18)24-14(2)15-7-5-4-6-8-15/h4-12,14H,1-3H3,(H,24,25,26). The topological polar surface area (TPSA) is 55.6 Å². The Morgan fingerprint density at radius 2 is 1.85 bits per heavy atom. The summed E-state index contributed by atoms with van der Waals surface area (Å²) in [4.78, 5) is 13.8. The van der Waals surface area contributed by atoms with Crippen LogP contribution < -0.4 is 5.32 Å². The van der Waals surface area contributed by atoms with Crippen molar-refractivity contribution >= 4 is 17.0 Å². The predicted molar refractivity (Wildman–Crippen MR) is 105 cm³/mol. The van der Waals surface area contributed by atoms with Gasteiger partial charge in [0.1, 0.15) is 11.3 Å². The van der Waals surface area contributed by atoms with E-state index in [2.05, 4.69) is 34.3 Å². The summed E-state index contributed by atoms with van der Waals surface area (Å²) in [6.45, 7) is 3.93. The first-order chi connectivity index (χ1) is 13.0. The number of nitrogens with one attached hydrogen (secondary N) is 1. The number of aromatic nitrogens is 4. The van der Waals surface area contributed by atoms with E-state index in [0.29, 0.717) is 17.2 Å². The van der Waals surface area contributed by atoms with Crippen molar-refractivity contribution in [3.05, 3.63) is 71.8 Å². The molecule has 0 aliphatic heterocycles. The third-order valence-electron chi connectivity index (χ3n) is 4.64. The molecule has 6 heteroatoms. The van der Waals surface area contributed by atoms with Crippen LogP contribution in [0.3, 0.4) is 0 Å². The molecule has 1 atom stereocenters. The van der Waals surface area contributed by atoms with Crippen LogP contribution in [0.4, 0.5) is 10.2 Å². The van der Waals surface area contributed by atoms with Crippen molar-refractivity contribution in [2.24, 2.45) is 7.05 Å². The molecule has 1 N–H and O–H groups in total. The second-order valence-corrected chi connectivity index (χ2v) is 6.66. The van der Waals surface area contributed by atoms with Gasteiger partial charge in [0.15, 0.2) is 17.3 Å². The van der Waals surface area contributed by atoms with Crippen LogP contribution in [-0.4, -0.2) is 19.5 Å². The second-order valence-electron chi connectivity index (χ2n) is 6.66. The molecule has 4 rings (SSSR count). The lowest BCUT2D eigenvalue weighted by molar-refractivity contribution is 0.627. The minimum absolute atomic E-state index is 0.0495. The van der Waals surface area contributed by atoms with Gasteiger partial charge in [-0.05, 0) is 43.2 Å². The Balaban J connectivity index is 1.82. The van der Waals surface area contributed by atoms with Crippen molar-refractivity contribution in [3.8, 4) is 11.4 Å². The molecule has 1 unspecified atom stereocenters. The van der Waals surface area contributed by atoms with Crippen molar-refractivity contribution in [1.82, 2.24) is 19.5 Å². The van der Waals surface area contributed by atoms with Gasteiger partial charge in [0.05, 0.1) is 12.4 Å². The molecule has 4 aromatic rings. The number of fused-ring (bicyclic) bond motifs is 1. The largest absolute Gasteiger partial charge is 0.362 e. The summed E-state index contributed by atoms with van der Waals surface area (Å²) in [5, 5.41) is 3.45. The molecule has 0 fully saturated rings. The van der Waals surface area contributed by atoms with Crippen LogP contribution in [0, 0.1) is 12.7 Å². The Kier molecular flexibility index (Phi) is 4.32. The molecule has 27 heavy (non-hydrogen) atoms. The molecule has 0 bridgehead atoms. The van der Waals surface area contributed by atoms with E-state index in [-0.39, 0.29) is 11.9 Å². The first-order valence-electron chi connectivity index (χ1n) is 8.80. The van der Waals surface area contributed by atoms with E-state index in [1.165, 1.54) is 12.1 Å². The normalized spacial score (nSPS) is 12.3. The molecular weight excluding hydrogens is 341 g/mol. The fraction of sp³-hybridized carbons (Fsp3) is 0.190. The maximum atomic E-state index is 13.5. The molecule has 0 saturated heterocycles. The zero-order valence-electron chi connectivity index (χ0n) is 15.4. The van der Waals surface area contributed by atoms with Crippen LogP contribution >= 0.6 is 0 Å². The predicted octanol–water partition coefficient (Wildman–Crippen LogP) is 4.65. The van der Waals surface area contributed by atoms with Gasteiger partial charge in [0, 0.05) is 12.6 Å². The first kappa shape index (κ1) is 17.1. The van der Waals surface area contributed by atoms with Gasteiger partial charge in [-0.15, -0.1) is 0 Å². The Hall–Kier alpha value is -3.28. The Morgan fingerprint density at radius 1 is 1.07 bits per heavy atom. The summed E-state index contributed by atoms with van der Waals surface area (Å²) in [6, 6.07) is 14.8. The molecule has 0 radical (unpaired) electrons. The zero-order chi connectivity index (χ0) is 19.0. The summed E-state index contributed by atoms with van der Waals surface area (Å²) in [6.07, 6.45) is 1.72. The van der Waals surface area contributed by atoms with Gasteiger partial charge < -0.3 is 9.88 Å². The number of benzene rings is 2. The highest BCUT2D eigenvalue weighted by molar-refractivity contribution is 5.85. The Morgan fingerprint density at radius 3 is 2.59 bits per heavy atom. The number of anilines is 1. The summed E-state index contributed by atoms with van der Waals surface area (Å²) in [5.41, 5.74) is 4.18. The number of nitrogens with zero attached hydrogens (tertiary/aromatic N) is 4. The molecule has 0 spiro atoms. The highest BCUT2D eigenvalue weighted by Gasteiger charge is 2.16. The molecule has 0 aliphatic rings. The van der Waals surface area contributed by atoms with E-state index >= 15 is 0 Å². The Bertz CT molecular complexity index is 1100. The summed E-state index contributed by atoms with van der Waals surface area (Å²) >= 11 is 0. The van der Waals surface area contributed by atoms with E-state index in [1.807, 2.05) is 36.7 Å². The highest BCUT2D eigenvalue weighted by atomic mass is 19.1. The van der Waals surface area contributed by atoms with Crippen molar-refractivity contribution in [2.45, 2.75) is 19.9 Å². The third kappa shape index (κ3) is 3.26. The van der Waals surface area contributed by atoms with Crippen LogP contribution in [-0.2, 0) is 7.05 Å². The molecule has 2 heterocycles. The van der Waals surface area contributed by atoms with Crippen LogP contribution in [0.25, 0.3) is 22.6 Å². The van der Waals surface area contributed by atoms with Gasteiger partial charge in [0.2, 0.25) is 0 Å². The number of hydrogen-bond acceptors (Lipinski definition) is 4. The molecule has 5 nitrogen and oxygen atoms in total. The second kappa shape index (κ2) is 6.79. The van der Waals surface area contributed by atoms with Crippen molar-refractivity contribution in [2.75, 3.05) is 5.32 Å². The maximum absolute atomic E-state index is 13.5. The van der Waals surface area contributed by atoms with E-state index in [4.69, 9.17) is 4.98 Å². The lowest BCUT2D eigenvalue weighted by atomic mass is 10.1. The monoisotopic (exact) mass is 361 g/mol. The quantitative estimate of drug-likeness (QED) is 0.575. The van der Waals surface area contributed by atoms with Gasteiger partial charge in [-0.2, -0.15) is 0 Å². The number of rotatable bonds is 4. The summed E-state index contributed by atoms with van der Waals surface area (Å²) in [7, 11) is 1.90. The molecule has 136 valence electrons. The van der Waals surface area contributed by atoms with Gasteiger partial charge in [0.25, 0.3) is 0 Å². The van der Waals surface area contributed by atoms with Crippen LogP contribution in [0.1, 0.15) is 24.1 Å². The summed E-state index contributed by atoms with van der Waals surface area (Å²) in [5.74, 6) is 0.941. The van der Waals surface area contributed by atoms with Crippen LogP contribution in [0.15, 0.2) is 54.9 Å².